The van der Waals surface area contributed by atoms with Crippen LogP contribution < -0.4 is 5.32 Å². The van der Waals surface area contributed by atoms with Gasteiger partial charge in [0.05, 0.1) is 5.52 Å². The summed E-state index contributed by atoms with van der Waals surface area (Å²) in [6.07, 6.45) is -2.68. The number of hydrogen-bond acceptors (Lipinski definition) is 2. The van der Waals surface area contributed by atoms with Gasteiger partial charge in [-0.05, 0) is 12.1 Å². The number of rotatable bonds is 2. The van der Waals surface area contributed by atoms with Gasteiger partial charge < -0.3 is 9.88 Å². The van der Waals surface area contributed by atoms with Gasteiger partial charge in [-0.25, -0.2) is 9.37 Å². The topological polar surface area (TPSA) is 46.9 Å². The van der Waals surface area contributed by atoms with Crippen LogP contribution in [0.25, 0.3) is 10.9 Å². The molecule has 0 unspecified atom stereocenters. The number of alkyl halides is 4. The first-order valence-corrected chi connectivity index (χ1v) is 7.16. The number of hydrogen-bond donors (Lipinski definition) is 1. The van der Waals surface area contributed by atoms with E-state index in [1.807, 2.05) is 0 Å². The number of pyridine rings is 1. The van der Waals surface area contributed by atoms with Gasteiger partial charge in [-0.1, -0.05) is 0 Å². The lowest BCUT2D eigenvalue weighted by Crippen LogP contribution is -2.76. The number of fused-ring (bicyclic) bond motifs is 1. The van der Waals surface area contributed by atoms with Crippen LogP contribution in [0.15, 0.2) is 18.3 Å². The molecule has 3 fully saturated rings. The number of nitrogens with one attached hydrogen (secondary N) is 1. The first-order valence-electron chi connectivity index (χ1n) is 7.16. The number of halogens is 4. The van der Waals surface area contributed by atoms with Crippen molar-refractivity contribution in [2.75, 3.05) is 0 Å². The van der Waals surface area contributed by atoms with E-state index in [1.165, 1.54) is 23.7 Å². The lowest BCUT2D eigenvalue weighted by atomic mass is 9.47. The Morgan fingerprint density at radius 3 is 2.57 bits per heavy atom. The second kappa shape index (κ2) is 4.04. The average Bonchev–Trinajstić information content (AvgIpc) is 2.72. The molecule has 23 heavy (non-hydrogen) atoms. The second-order valence-corrected chi connectivity index (χ2v) is 6.60. The molecule has 2 bridgehead atoms. The lowest BCUT2D eigenvalue weighted by molar-refractivity contribution is -0.162. The maximum atomic E-state index is 13.5. The van der Waals surface area contributed by atoms with Crippen molar-refractivity contribution in [3.8, 4) is 0 Å². The number of aromatic nitrogens is 2. The maximum absolute atomic E-state index is 13.5. The molecular formula is C15H13F4N3O. The van der Waals surface area contributed by atoms with Crippen molar-refractivity contribution < 1.29 is 22.4 Å². The van der Waals surface area contributed by atoms with Crippen LogP contribution in [0.4, 0.5) is 17.6 Å². The van der Waals surface area contributed by atoms with Crippen molar-refractivity contribution in [2.45, 2.75) is 36.6 Å². The highest BCUT2D eigenvalue weighted by Gasteiger charge is 2.70. The standard InChI is InChI=1S/C15H13F4N3O/c1-22-9(12(23)21-14-5-13(16,6-14)7-14)4-8-2-3-20-11(10(8)22)15(17,18)19/h2-4H,5-7H2,1H3,(H,21,23). The predicted octanol–water partition coefficient (Wildman–Crippen LogP) is 2.97. The van der Waals surface area contributed by atoms with Crippen molar-refractivity contribution in [1.29, 1.82) is 0 Å². The summed E-state index contributed by atoms with van der Waals surface area (Å²) in [5.74, 6) is -0.487. The van der Waals surface area contributed by atoms with Crippen LogP contribution in [-0.2, 0) is 13.2 Å². The van der Waals surface area contributed by atoms with E-state index in [4.69, 9.17) is 0 Å². The van der Waals surface area contributed by atoms with Gasteiger partial charge >= 0.3 is 6.18 Å². The Bertz CT molecular complexity index is 819. The molecular weight excluding hydrogens is 314 g/mol. The number of nitrogens with zero attached hydrogens (tertiary/aromatic N) is 2. The summed E-state index contributed by atoms with van der Waals surface area (Å²) >= 11 is 0. The van der Waals surface area contributed by atoms with Gasteiger partial charge in [0.1, 0.15) is 11.4 Å². The Hall–Kier alpha value is -2.12. The molecule has 4 nitrogen and oxygen atoms in total. The Labute approximate surface area is 128 Å². The molecule has 5 rings (SSSR count). The third-order valence-corrected chi connectivity index (χ3v) is 4.79. The van der Waals surface area contributed by atoms with Crippen LogP contribution in [0, 0.1) is 0 Å². The average molecular weight is 327 g/mol. The van der Waals surface area contributed by atoms with Gasteiger partial charge in [-0.3, -0.25) is 4.79 Å². The third-order valence-electron chi connectivity index (χ3n) is 4.79. The molecule has 2 aromatic rings. The Kier molecular flexibility index (Phi) is 2.54. The van der Waals surface area contributed by atoms with Crippen molar-refractivity contribution in [1.82, 2.24) is 14.9 Å². The van der Waals surface area contributed by atoms with Crippen LogP contribution >= 0.6 is 0 Å². The van der Waals surface area contributed by atoms with E-state index in [1.54, 1.807) is 0 Å². The van der Waals surface area contributed by atoms with Crippen LogP contribution in [0.5, 0.6) is 0 Å². The number of carbonyl (C=O) groups is 1. The zero-order valence-corrected chi connectivity index (χ0v) is 12.2. The quantitative estimate of drug-likeness (QED) is 0.862. The summed E-state index contributed by atoms with van der Waals surface area (Å²) in [6.45, 7) is 0. The van der Waals surface area contributed by atoms with Gasteiger partial charge in [0, 0.05) is 43.4 Å². The summed E-state index contributed by atoms with van der Waals surface area (Å²) in [7, 11) is 1.40. The Morgan fingerprint density at radius 2 is 2.00 bits per heavy atom. The molecule has 2 heterocycles. The van der Waals surface area contributed by atoms with E-state index < -0.39 is 29.0 Å². The van der Waals surface area contributed by atoms with E-state index >= 15 is 0 Å². The molecule has 0 spiro atoms. The molecule has 3 saturated carbocycles. The van der Waals surface area contributed by atoms with E-state index in [0.29, 0.717) is 5.39 Å². The molecule has 0 atom stereocenters. The highest BCUT2D eigenvalue weighted by Crippen LogP contribution is 2.62. The monoisotopic (exact) mass is 327 g/mol. The first-order chi connectivity index (χ1) is 10.6. The van der Waals surface area contributed by atoms with Gasteiger partial charge in [0.25, 0.3) is 5.91 Å². The van der Waals surface area contributed by atoms with Crippen LogP contribution in [0.2, 0.25) is 0 Å². The summed E-state index contributed by atoms with van der Waals surface area (Å²) in [4.78, 5) is 15.8. The largest absolute Gasteiger partial charge is 0.435 e. The van der Waals surface area contributed by atoms with Gasteiger partial charge in [-0.15, -0.1) is 0 Å². The molecule has 3 aliphatic carbocycles. The molecule has 8 heteroatoms. The number of carbonyl (C=O) groups excluding carboxylic acids is 1. The van der Waals surface area contributed by atoms with E-state index in [-0.39, 0.29) is 30.5 Å². The number of amides is 1. The van der Waals surface area contributed by atoms with Gasteiger partial charge in [0.2, 0.25) is 0 Å². The van der Waals surface area contributed by atoms with Crippen molar-refractivity contribution in [3.63, 3.8) is 0 Å². The van der Waals surface area contributed by atoms with E-state index in [9.17, 15) is 22.4 Å². The zero-order chi connectivity index (χ0) is 16.6. The van der Waals surface area contributed by atoms with Gasteiger partial charge in [0.15, 0.2) is 5.69 Å². The van der Waals surface area contributed by atoms with Crippen LogP contribution in [0.1, 0.15) is 35.4 Å². The molecule has 0 aliphatic heterocycles. The van der Waals surface area contributed by atoms with Crippen molar-refractivity contribution in [3.05, 3.63) is 29.7 Å². The highest BCUT2D eigenvalue weighted by atomic mass is 19.4. The molecule has 0 saturated heterocycles. The summed E-state index contributed by atoms with van der Waals surface area (Å²) < 4.78 is 53.9. The number of aryl methyl sites for hydroxylation is 1. The smallest absolute Gasteiger partial charge is 0.345 e. The zero-order valence-electron chi connectivity index (χ0n) is 12.2. The SMILES string of the molecule is Cn1c(C(=O)NC23CC(F)(C2)C3)cc2ccnc(C(F)(F)F)c21. The van der Waals surface area contributed by atoms with E-state index in [2.05, 4.69) is 10.3 Å². The lowest BCUT2D eigenvalue weighted by Gasteiger charge is -2.65. The first kappa shape index (κ1) is 14.5. The second-order valence-electron chi connectivity index (χ2n) is 6.60. The summed E-state index contributed by atoms with van der Waals surface area (Å²) in [6, 6.07) is 2.83. The molecule has 1 N–H and O–H groups in total. The Morgan fingerprint density at radius 1 is 1.35 bits per heavy atom. The maximum Gasteiger partial charge on any atom is 0.435 e. The summed E-state index contributed by atoms with van der Waals surface area (Å²) in [5, 5.41) is 3.05. The fourth-order valence-corrected chi connectivity index (χ4v) is 3.83. The fourth-order valence-electron chi connectivity index (χ4n) is 3.83. The van der Waals surface area contributed by atoms with Crippen LogP contribution in [0.3, 0.4) is 0 Å². The van der Waals surface area contributed by atoms with Crippen molar-refractivity contribution >= 4 is 16.8 Å². The van der Waals surface area contributed by atoms with Gasteiger partial charge in [-0.2, -0.15) is 13.2 Å². The van der Waals surface area contributed by atoms with Crippen molar-refractivity contribution in [2.24, 2.45) is 7.05 Å². The predicted molar refractivity (Wildman–Crippen MR) is 73.6 cm³/mol. The Balaban J connectivity index is 1.71. The van der Waals surface area contributed by atoms with E-state index in [0.717, 1.165) is 6.20 Å². The molecule has 122 valence electrons. The highest BCUT2D eigenvalue weighted by molar-refractivity contribution is 5.99. The molecule has 2 aromatic heterocycles. The molecule has 1 amide bonds. The summed E-state index contributed by atoms with van der Waals surface area (Å²) in [5.41, 5.74) is -2.72. The minimum Gasteiger partial charge on any atom is -0.345 e. The van der Waals surface area contributed by atoms with Crippen LogP contribution in [-0.4, -0.2) is 26.7 Å². The molecule has 0 aromatic carbocycles. The minimum atomic E-state index is -4.60. The normalized spacial score (nSPS) is 29.1. The molecule has 3 aliphatic rings. The minimum absolute atomic E-state index is 0.108. The molecule has 0 radical (unpaired) electrons. The third kappa shape index (κ3) is 1.96. The fraction of sp³-hybridized carbons (Fsp3) is 0.467.